The second-order valence-electron chi connectivity index (χ2n) is 6.91. The van der Waals surface area contributed by atoms with Crippen molar-refractivity contribution in [3.05, 3.63) is 64.9 Å². The first-order chi connectivity index (χ1) is 14.4. The molecular formula is C22H24N4O3S. The third-order valence-corrected chi connectivity index (χ3v) is 5.00. The Morgan fingerprint density at radius 2 is 1.80 bits per heavy atom. The molecule has 7 nitrogen and oxygen atoms in total. The molecule has 0 spiro atoms. The van der Waals surface area contributed by atoms with Gasteiger partial charge in [-0.3, -0.25) is 10.1 Å². The zero-order valence-corrected chi connectivity index (χ0v) is 17.7. The molecule has 0 aliphatic heterocycles. The van der Waals surface area contributed by atoms with Gasteiger partial charge in [0.1, 0.15) is 6.61 Å². The monoisotopic (exact) mass is 424 g/mol. The maximum atomic E-state index is 12.6. The second kappa shape index (κ2) is 9.91. The van der Waals surface area contributed by atoms with Gasteiger partial charge in [-0.15, -0.1) is 0 Å². The molecule has 0 saturated heterocycles. The van der Waals surface area contributed by atoms with Crippen LogP contribution in [0.3, 0.4) is 0 Å². The predicted octanol–water partition coefficient (Wildman–Crippen LogP) is 4.36. The quantitative estimate of drug-likeness (QED) is 0.490. The summed E-state index contributed by atoms with van der Waals surface area (Å²) in [5.74, 6) is -0.288. The number of carbonyl (C=O) groups is 2. The fraction of sp³-hybridized carbons (Fsp3) is 0.182. The topological polar surface area (TPSA) is 96.7 Å². The lowest BCUT2D eigenvalue weighted by atomic mass is 10.1. The van der Waals surface area contributed by atoms with Gasteiger partial charge in [0.25, 0.3) is 5.91 Å². The van der Waals surface area contributed by atoms with E-state index in [-0.39, 0.29) is 5.91 Å². The van der Waals surface area contributed by atoms with Crippen LogP contribution in [0, 0.1) is 0 Å². The molecule has 8 heteroatoms. The molecular weight excluding hydrogens is 400 g/mol. The third-order valence-electron chi connectivity index (χ3n) is 4.32. The van der Waals surface area contributed by atoms with Crippen LogP contribution in [0.25, 0.3) is 11.1 Å². The molecule has 0 saturated carbocycles. The first kappa shape index (κ1) is 21.4. The fourth-order valence-corrected chi connectivity index (χ4v) is 3.31. The van der Waals surface area contributed by atoms with E-state index >= 15 is 0 Å². The number of nitrogens with zero attached hydrogens (tertiary/aromatic N) is 1. The van der Waals surface area contributed by atoms with E-state index < -0.39 is 6.09 Å². The number of carbonyl (C=O) groups excluding carboxylic acids is 2. The molecule has 1 aromatic heterocycles. The van der Waals surface area contributed by atoms with Gasteiger partial charge in [-0.1, -0.05) is 6.07 Å². The van der Waals surface area contributed by atoms with E-state index in [1.54, 1.807) is 41.7 Å². The number of hydrogen-bond donors (Lipinski definition) is 3. The minimum absolute atomic E-state index is 0.288. The highest BCUT2D eigenvalue weighted by molar-refractivity contribution is 7.08. The Morgan fingerprint density at radius 3 is 2.47 bits per heavy atom. The Hall–Kier alpha value is -3.36. The van der Waals surface area contributed by atoms with E-state index in [0.717, 1.165) is 11.1 Å². The van der Waals surface area contributed by atoms with E-state index in [9.17, 15) is 9.59 Å². The van der Waals surface area contributed by atoms with Gasteiger partial charge in [0.15, 0.2) is 0 Å². The maximum Gasteiger partial charge on any atom is 0.411 e. The molecule has 156 valence electrons. The summed E-state index contributed by atoms with van der Waals surface area (Å²) in [5.41, 5.74) is 10.1. The Morgan fingerprint density at radius 1 is 1.03 bits per heavy atom. The molecule has 0 fully saturated rings. The van der Waals surface area contributed by atoms with Crippen LogP contribution < -0.4 is 16.4 Å². The van der Waals surface area contributed by atoms with Crippen molar-refractivity contribution in [3.63, 3.8) is 0 Å². The molecule has 3 aromatic rings. The second-order valence-corrected chi connectivity index (χ2v) is 7.69. The number of likely N-dealkylation sites (N-methyl/N-ethyl adjacent to an activating group) is 1. The van der Waals surface area contributed by atoms with Crippen LogP contribution >= 0.6 is 11.3 Å². The van der Waals surface area contributed by atoms with E-state index in [2.05, 4.69) is 10.6 Å². The van der Waals surface area contributed by atoms with Crippen LogP contribution in [0.15, 0.2) is 59.3 Å². The van der Waals surface area contributed by atoms with Gasteiger partial charge < -0.3 is 20.7 Å². The number of amides is 2. The van der Waals surface area contributed by atoms with Gasteiger partial charge >= 0.3 is 6.09 Å². The van der Waals surface area contributed by atoms with Crippen molar-refractivity contribution in [2.24, 2.45) is 0 Å². The van der Waals surface area contributed by atoms with Gasteiger partial charge in [0.05, 0.1) is 11.4 Å². The van der Waals surface area contributed by atoms with Crippen LogP contribution in [0.1, 0.15) is 10.4 Å². The molecule has 0 unspecified atom stereocenters. The number of benzene rings is 2. The molecule has 4 N–H and O–H groups in total. The number of rotatable bonds is 7. The van der Waals surface area contributed by atoms with Crippen molar-refractivity contribution in [1.29, 1.82) is 0 Å². The first-order valence-corrected chi connectivity index (χ1v) is 10.3. The van der Waals surface area contributed by atoms with Crippen molar-refractivity contribution in [2.45, 2.75) is 0 Å². The SMILES string of the molecule is CN(C)CCOC(=O)Nc1ccc(C(=O)Nc2cc(-c3ccsc3)ccc2N)cc1. The number of thiophene rings is 1. The predicted molar refractivity (Wildman–Crippen MR) is 122 cm³/mol. The van der Waals surface area contributed by atoms with Gasteiger partial charge in [-0.05, 0) is 78.4 Å². The summed E-state index contributed by atoms with van der Waals surface area (Å²) in [6, 6.07) is 14.1. The highest BCUT2D eigenvalue weighted by atomic mass is 32.1. The molecule has 0 aliphatic rings. The highest BCUT2D eigenvalue weighted by Crippen LogP contribution is 2.29. The molecule has 1 heterocycles. The Kier molecular flexibility index (Phi) is 7.05. The van der Waals surface area contributed by atoms with Gasteiger partial charge in [0, 0.05) is 17.8 Å². The first-order valence-electron chi connectivity index (χ1n) is 9.34. The van der Waals surface area contributed by atoms with Crippen molar-refractivity contribution < 1.29 is 14.3 Å². The zero-order chi connectivity index (χ0) is 21.5. The number of nitrogen functional groups attached to an aromatic ring is 1. The molecule has 0 radical (unpaired) electrons. The summed E-state index contributed by atoms with van der Waals surface area (Å²) in [4.78, 5) is 26.3. The number of nitrogens with one attached hydrogen (secondary N) is 2. The van der Waals surface area contributed by atoms with Crippen LogP contribution in [-0.4, -0.2) is 44.1 Å². The molecule has 30 heavy (non-hydrogen) atoms. The van der Waals surface area contributed by atoms with Crippen molar-refractivity contribution >= 4 is 40.4 Å². The van der Waals surface area contributed by atoms with Crippen molar-refractivity contribution in [1.82, 2.24) is 4.90 Å². The molecule has 3 rings (SSSR count). The summed E-state index contributed by atoms with van der Waals surface area (Å²) in [6.07, 6.45) is -0.535. The zero-order valence-electron chi connectivity index (χ0n) is 16.8. The average Bonchev–Trinajstić information content (AvgIpc) is 3.24. The fourth-order valence-electron chi connectivity index (χ4n) is 2.65. The number of anilines is 3. The number of nitrogens with two attached hydrogens (primary N) is 1. The third kappa shape index (κ3) is 5.82. The molecule has 0 atom stereocenters. The summed E-state index contributed by atoms with van der Waals surface area (Å²) < 4.78 is 5.08. The van der Waals surface area contributed by atoms with Crippen molar-refractivity contribution in [3.8, 4) is 11.1 Å². The number of ether oxygens (including phenoxy) is 1. The molecule has 0 aliphatic carbocycles. The Balaban J connectivity index is 1.61. The lowest BCUT2D eigenvalue weighted by Gasteiger charge is -2.12. The lowest BCUT2D eigenvalue weighted by Crippen LogP contribution is -2.22. The largest absolute Gasteiger partial charge is 0.448 e. The van der Waals surface area contributed by atoms with Gasteiger partial charge in [-0.25, -0.2) is 4.79 Å². The van der Waals surface area contributed by atoms with E-state index in [4.69, 9.17) is 10.5 Å². The number of hydrogen-bond acceptors (Lipinski definition) is 6. The molecule has 2 aromatic carbocycles. The lowest BCUT2D eigenvalue weighted by molar-refractivity contribution is 0.102. The van der Waals surface area contributed by atoms with Crippen LogP contribution in [0.2, 0.25) is 0 Å². The average molecular weight is 425 g/mol. The minimum Gasteiger partial charge on any atom is -0.448 e. The normalized spacial score (nSPS) is 10.6. The summed E-state index contributed by atoms with van der Waals surface area (Å²) in [5, 5.41) is 9.52. The van der Waals surface area contributed by atoms with Crippen LogP contribution in [0.5, 0.6) is 0 Å². The summed E-state index contributed by atoms with van der Waals surface area (Å²) in [6.45, 7) is 0.939. The van der Waals surface area contributed by atoms with Crippen LogP contribution in [0.4, 0.5) is 21.9 Å². The van der Waals surface area contributed by atoms with E-state index in [0.29, 0.717) is 35.8 Å². The van der Waals surface area contributed by atoms with Gasteiger partial charge in [0.2, 0.25) is 0 Å². The Bertz CT molecular complexity index is 1000. The maximum absolute atomic E-state index is 12.6. The summed E-state index contributed by atoms with van der Waals surface area (Å²) in [7, 11) is 3.80. The van der Waals surface area contributed by atoms with Crippen molar-refractivity contribution in [2.75, 3.05) is 43.6 Å². The standard InChI is InChI=1S/C22H24N4O3S/c1-26(2)10-11-29-22(28)24-18-6-3-15(4-7-18)21(27)25-20-13-16(5-8-19(20)23)17-9-12-30-14-17/h3-9,12-14H,10-11,23H2,1-2H3,(H,24,28)(H,25,27). The highest BCUT2D eigenvalue weighted by Gasteiger charge is 2.11. The van der Waals surface area contributed by atoms with E-state index in [1.165, 1.54) is 0 Å². The smallest absolute Gasteiger partial charge is 0.411 e. The Labute approximate surface area is 179 Å². The minimum atomic E-state index is -0.535. The van der Waals surface area contributed by atoms with E-state index in [1.807, 2.05) is 48.0 Å². The molecule has 0 bridgehead atoms. The van der Waals surface area contributed by atoms with Gasteiger partial charge in [-0.2, -0.15) is 11.3 Å². The summed E-state index contributed by atoms with van der Waals surface area (Å²) >= 11 is 1.61. The van der Waals surface area contributed by atoms with Crippen LogP contribution in [-0.2, 0) is 4.74 Å². The molecule has 2 amide bonds.